The summed E-state index contributed by atoms with van der Waals surface area (Å²) in [5.74, 6) is 0.225. The van der Waals surface area contributed by atoms with Crippen LogP contribution in [-0.4, -0.2) is 21.1 Å². The van der Waals surface area contributed by atoms with Gasteiger partial charge in [0, 0.05) is 0 Å². The first-order valence-electron chi connectivity index (χ1n) is 5.03. The van der Waals surface area contributed by atoms with Gasteiger partial charge in [-0.25, -0.2) is 4.98 Å². The molecule has 0 spiro atoms. The number of hydrogen-bond donors (Lipinski definition) is 1. The Bertz CT molecular complexity index is 432. The van der Waals surface area contributed by atoms with Crippen LogP contribution >= 0.6 is 0 Å². The number of aromatic nitrogens is 3. The lowest BCUT2D eigenvalue weighted by molar-refractivity contribution is -0.128. The van der Waals surface area contributed by atoms with Gasteiger partial charge in [-0.1, -0.05) is 6.92 Å². The van der Waals surface area contributed by atoms with Crippen molar-refractivity contribution in [3.05, 3.63) is 12.4 Å². The summed E-state index contributed by atoms with van der Waals surface area (Å²) < 4.78 is 0. The third-order valence-electron chi connectivity index (χ3n) is 2.75. The minimum Gasteiger partial charge on any atom is -0.292 e. The lowest BCUT2D eigenvalue weighted by Crippen LogP contribution is -2.45. The molecule has 1 aromatic heterocycles. The van der Waals surface area contributed by atoms with Crippen LogP contribution in [0.4, 0.5) is 5.95 Å². The molecule has 1 fully saturated rings. The Balaban J connectivity index is 2.07. The second kappa shape index (κ2) is 3.85. The number of nitrogens with zero attached hydrogens (tertiary/aromatic N) is 4. The normalized spacial score (nSPS) is 27.6. The molecule has 0 saturated heterocycles. The van der Waals surface area contributed by atoms with Crippen molar-refractivity contribution in [2.45, 2.75) is 19.8 Å². The largest absolute Gasteiger partial charge is 0.292 e. The number of anilines is 1. The topological polar surface area (TPSA) is 91.6 Å². The van der Waals surface area contributed by atoms with E-state index < -0.39 is 5.41 Å². The molecule has 1 aliphatic rings. The van der Waals surface area contributed by atoms with Crippen molar-refractivity contribution in [3.63, 3.8) is 0 Å². The van der Waals surface area contributed by atoms with E-state index in [1.807, 2.05) is 6.92 Å². The van der Waals surface area contributed by atoms with Gasteiger partial charge in [0.2, 0.25) is 11.9 Å². The molecule has 2 rings (SSSR count). The molecule has 16 heavy (non-hydrogen) atoms. The van der Waals surface area contributed by atoms with E-state index in [0.717, 1.165) is 0 Å². The van der Waals surface area contributed by atoms with Crippen molar-refractivity contribution < 1.29 is 4.79 Å². The fourth-order valence-electron chi connectivity index (χ4n) is 1.98. The standard InChI is InChI=1S/C10H11N5O/c1-7-4-10(5-7,6-11)8(16)14-9-12-2-3-13-15-9/h2-3,7H,4-5H2,1H3,(H,12,14,15,16). The zero-order valence-electron chi connectivity index (χ0n) is 8.84. The van der Waals surface area contributed by atoms with Gasteiger partial charge >= 0.3 is 0 Å². The van der Waals surface area contributed by atoms with E-state index in [2.05, 4.69) is 26.6 Å². The average molecular weight is 217 g/mol. The molecular formula is C10H11N5O. The first-order valence-corrected chi connectivity index (χ1v) is 5.03. The van der Waals surface area contributed by atoms with Crippen molar-refractivity contribution in [3.8, 4) is 6.07 Å². The van der Waals surface area contributed by atoms with E-state index >= 15 is 0 Å². The van der Waals surface area contributed by atoms with Crippen LogP contribution in [0, 0.1) is 22.7 Å². The maximum atomic E-state index is 11.9. The molecular weight excluding hydrogens is 206 g/mol. The average Bonchev–Trinajstić information content (AvgIpc) is 2.25. The van der Waals surface area contributed by atoms with Gasteiger partial charge in [0.25, 0.3) is 0 Å². The highest BCUT2D eigenvalue weighted by Gasteiger charge is 2.49. The summed E-state index contributed by atoms with van der Waals surface area (Å²) in [6.07, 6.45) is 4.04. The number of nitriles is 1. The van der Waals surface area contributed by atoms with Crippen LogP contribution in [-0.2, 0) is 4.79 Å². The maximum absolute atomic E-state index is 11.9. The van der Waals surface area contributed by atoms with Crippen molar-refractivity contribution in [2.75, 3.05) is 5.32 Å². The third kappa shape index (κ3) is 1.72. The molecule has 0 radical (unpaired) electrons. The van der Waals surface area contributed by atoms with Crippen LogP contribution in [0.2, 0.25) is 0 Å². The molecule has 6 nitrogen and oxygen atoms in total. The van der Waals surface area contributed by atoms with Gasteiger partial charge in [-0.05, 0) is 18.8 Å². The van der Waals surface area contributed by atoms with Crippen LogP contribution in [0.25, 0.3) is 0 Å². The lowest BCUT2D eigenvalue weighted by Gasteiger charge is -2.38. The van der Waals surface area contributed by atoms with Gasteiger partial charge in [0.05, 0.1) is 18.5 Å². The fourth-order valence-corrected chi connectivity index (χ4v) is 1.98. The second-order valence-corrected chi connectivity index (χ2v) is 4.13. The maximum Gasteiger partial charge on any atom is 0.249 e. The monoisotopic (exact) mass is 217 g/mol. The van der Waals surface area contributed by atoms with E-state index in [-0.39, 0.29) is 11.9 Å². The zero-order chi connectivity index (χ0) is 11.6. The molecule has 0 aromatic carbocycles. The predicted octanol–water partition coefficient (Wildman–Crippen LogP) is 0.750. The van der Waals surface area contributed by atoms with Crippen molar-refractivity contribution in [1.82, 2.24) is 15.2 Å². The van der Waals surface area contributed by atoms with Crippen LogP contribution in [0.1, 0.15) is 19.8 Å². The minimum atomic E-state index is -0.904. The second-order valence-electron chi connectivity index (χ2n) is 4.13. The molecule has 1 saturated carbocycles. The van der Waals surface area contributed by atoms with Gasteiger partial charge in [0.15, 0.2) is 0 Å². The number of rotatable bonds is 2. The van der Waals surface area contributed by atoms with Crippen LogP contribution < -0.4 is 5.32 Å². The summed E-state index contributed by atoms with van der Waals surface area (Å²) in [4.78, 5) is 15.7. The highest BCUT2D eigenvalue weighted by Crippen LogP contribution is 2.45. The first-order chi connectivity index (χ1) is 7.66. The Kier molecular flexibility index (Phi) is 2.52. The van der Waals surface area contributed by atoms with Gasteiger partial charge in [-0.3, -0.25) is 10.1 Å². The molecule has 0 atom stereocenters. The molecule has 1 aromatic rings. The van der Waals surface area contributed by atoms with Crippen LogP contribution in [0.5, 0.6) is 0 Å². The van der Waals surface area contributed by atoms with E-state index in [1.54, 1.807) is 0 Å². The molecule has 6 heteroatoms. The van der Waals surface area contributed by atoms with E-state index in [4.69, 9.17) is 5.26 Å². The minimum absolute atomic E-state index is 0.140. The number of amides is 1. The van der Waals surface area contributed by atoms with Crippen LogP contribution in [0.15, 0.2) is 12.4 Å². The quantitative estimate of drug-likeness (QED) is 0.789. The lowest BCUT2D eigenvalue weighted by atomic mass is 9.63. The number of hydrogen-bond acceptors (Lipinski definition) is 5. The summed E-state index contributed by atoms with van der Waals surface area (Å²) in [6, 6.07) is 2.08. The van der Waals surface area contributed by atoms with E-state index in [1.165, 1.54) is 12.4 Å². The number of carbonyl (C=O) groups excluding carboxylic acids is 1. The van der Waals surface area contributed by atoms with E-state index in [9.17, 15) is 4.79 Å². The van der Waals surface area contributed by atoms with E-state index in [0.29, 0.717) is 18.8 Å². The molecule has 1 amide bonds. The number of nitrogens with one attached hydrogen (secondary N) is 1. The summed E-state index contributed by atoms with van der Waals surface area (Å²) in [5.41, 5.74) is -0.904. The predicted molar refractivity (Wildman–Crippen MR) is 54.9 cm³/mol. The third-order valence-corrected chi connectivity index (χ3v) is 2.75. The zero-order valence-corrected chi connectivity index (χ0v) is 8.84. The molecule has 0 unspecified atom stereocenters. The van der Waals surface area contributed by atoms with Gasteiger partial charge < -0.3 is 0 Å². The summed E-state index contributed by atoms with van der Waals surface area (Å²) in [6.45, 7) is 2.02. The fraction of sp³-hybridized carbons (Fsp3) is 0.500. The van der Waals surface area contributed by atoms with Crippen LogP contribution in [0.3, 0.4) is 0 Å². The Morgan fingerprint density at radius 1 is 1.62 bits per heavy atom. The van der Waals surface area contributed by atoms with Gasteiger partial charge in [-0.2, -0.15) is 10.4 Å². The smallest absolute Gasteiger partial charge is 0.249 e. The molecule has 1 aliphatic carbocycles. The van der Waals surface area contributed by atoms with Crippen molar-refractivity contribution in [2.24, 2.45) is 11.3 Å². The first kappa shape index (κ1) is 10.5. The highest BCUT2D eigenvalue weighted by molar-refractivity contribution is 5.96. The number of carbonyl (C=O) groups is 1. The molecule has 0 bridgehead atoms. The Hall–Kier alpha value is -2.03. The molecule has 1 N–H and O–H groups in total. The summed E-state index contributed by atoms with van der Waals surface area (Å²) in [7, 11) is 0. The SMILES string of the molecule is CC1CC(C#N)(C(=O)Nc2nccnn2)C1. The summed E-state index contributed by atoms with van der Waals surface area (Å²) in [5, 5.41) is 18.8. The van der Waals surface area contributed by atoms with Gasteiger partial charge in [-0.15, -0.1) is 5.10 Å². The molecule has 1 heterocycles. The van der Waals surface area contributed by atoms with Crippen molar-refractivity contribution >= 4 is 11.9 Å². The Morgan fingerprint density at radius 3 is 2.88 bits per heavy atom. The van der Waals surface area contributed by atoms with Crippen molar-refractivity contribution in [1.29, 1.82) is 5.26 Å². The highest BCUT2D eigenvalue weighted by atomic mass is 16.2. The molecule has 82 valence electrons. The molecule has 0 aliphatic heterocycles. The summed E-state index contributed by atoms with van der Waals surface area (Å²) >= 11 is 0. The Labute approximate surface area is 92.7 Å². The van der Waals surface area contributed by atoms with Gasteiger partial charge in [0.1, 0.15) is 5.41 Å². The Morgan fingerprint density at radius 2 is 2.38 bits per heavy atom.